The summed E-state index contributed by atoms with van der Waals surface area (Å²) in [5, 5.41) is 0.640. The van der Waals surface area contributed by atoms with Gasteiger partial charge in [-0.1, -0.05) is 39.7 Å². The van der Waals surface area contributed by atoms with Gasteiger partial charge in [0.1, 0.15) is 23.9 Å². The molecule has 0 saturated carbocycles. The van der Waals surface area contributed by atoms with E-state index in [0.717, 1.165) is 32.9 Å². The Morgan fingerprint density at radius 1 is 0.939 bits per heavy atom. The quantitative estimate of drug-likeness (QED) is 0.368. The molecule has 4 nitrogen and oxygen atoms in total. The summed E-state index contributed by atoms with van der Waals surface area (Å²) in [6.07, 6.45) is 3.86. The highest BCUT2D eigenvalue weighted by Gasteiger charge is 2.43. The highest BCUT2D eigenvalue weighted by atomic mass is 79.9. The number of Topliss-reactive ketones (excluding diaryl/α,β-unsaturated/α-hetero) is 2. The lowest BCUT2D eigenvalue weighted by Gasteiger charge is -2.36. The zero-order valence-corrected chi connectivity index (χ0v) is 21.7. The third-order valence-electron chi connectivity index (χ3n) is 6.26. The fourth-order valence-electron chi connectivity index (χ4n) is 4.86. The Morgan fingerprint density at radius 2 is 1.61 bits per heavy atom. The van der Waals surface area contributed by atoms with E-state index in [4.69, 9.17) is 21.1 Å². The zero-order valence-electron chi connectivity index (χ0n) is 17.8. The van der Waals surface area contributed by atoms with Crippen LogP contribution in [0.3, 0.4) is 0 Å². The maximum atomic E-state index is 13.1. The summed E-state index contributed by atoms with van der Waals surface area (Å²) >= 11 is 13.4. The minimum Gasteiger partial charge on any atom is -0.487 e. The van der Waals surface area contributed by atoms with E-state index >= 15 is 0 Å². The predicted molar refractivity (Wildman–Crippen MR) is 133 cm³/mol. The average Bonchev–Trinajstić information content (AvgIpc) is 2.77. The average molecular weight is 593 g/mol. The van der Waals surface area contributed by atoms with Gasteiger partial charge in [-0.05, 0) is 58.6 Å². The van der Waals surface area contributed by atoms with Crippen molar-refractivity contribution in [2.45, 2.75) is 51.0 Å². The van der Waals surface area contributed by atoms with Crippen molar-refractivity contribution in [3.05, 3.63) is 84.2 Å². The molecule has 33 heavy (non-hydrogen) atoms. The molecule has 5 rings (SSSR count). The highest BCUT2D eigenvalue weighted by Crippen LogP contribution is 2.51. The number of ether oxygens (including phenoxy) is 2. The highest BCUT2D eigenvalue weighted by molar-refractivity contribution is 9.11. The van der Waals surface area contributed by atoms with Crippen LogP contribution in [0.25, 0.3) is 0 Å². The van der Waals surface area contributed by atoms with E-state index < -0.39 is 5.92 Å². The Morgan fingerprint density at radius 3 is 2.24 bits per heavy atom. The molecule has 0 saturated heterocycles. The molecule has 0 aromatic heterocycles. The van der Waals surface area contributed by atoms with Crippen LogP contribution in [0.1, 0.15) is 55.6 Å². The summed E-state index contributed by atoms with van der Waals surface area (Å²) < 4.78 is 14.1. The van der Waals surface area contributed by atoms with Gasteiger partial charge in [-0.15, -0.1) is 0 Å². The molecule has 1 aliphatic heterocycles. The standard InChI is InChI=1S/C26H21Br2ClO4/c27-15-11-17(26(18(28)12-15)32-13-14-4-1-5-16(29)10-14)23-24-19(30)6-2-8-21(24)33-22-9-3-7-20(31)25(22)23/h1,4-5,10-12,23H,2-3,6-9,13H2. The molecule has 0 unspecified atom stereocenters. The number of hydrogen-bond donors (Lipinski definition) is 0. The molecule has 2 aromatic rings. The molecule has 3 aliphatic rings. The maximum absolute atomic E-state index is 13.1. The summed E-state index contributed by atoms with van der Waals surface area (Å²) in [6, 6.07) is 11.4. The lowest BCUT2D eigenvalue weighted by Crippen LogP contribution is -2.30. The lowest BCUT2D eigenvalue weighted by atomic mass is 9.73. The van der Waals surface area contributed by atoms with Crippen LogP contribution in [0.15, 0.2) is 68.0 Å². The number of carbonyl (C=O) groups excluding carboxylic acids is 2. The zero-order chi connectivity index (χ0) is 23.1. The van der Waals surface area contributed by atoms with Crippen molar-refractivity contribution in [3.8, 4) is 5.75 Å². The minimum atomic E-state index is -0.493. The van der Waals surface area contributed by atoms with Crippen LogP contribution in [0.4, 0.5) is 0 Å². The van der Waals surface area contributed by atoms with Gasteiger partial charge in [0, 0.05) is 51.9 Å². The first kappa shape index (κ1) is 22.9. The number of carbonyl (C=O) groups is 2. The Labute approximate surface area is 214 Å². The summed E-state index contributed by atoms with van der Waals surface area (Å²) in [7, 11) is 0. The third kappa shape index (κ3) is 4.45. The van der Waals surface area contributed by atoms with E-state index in [9.17, 15) is 9.59 Å². The van der Waals surface area contributed by atoms with Crippen LogP contribution in [-0.2, 0) is 20.9 Å². The van der Waals surface area contributed by atoms with E-state index in [-0.39, 0.29) is 11.6 Å². The molecule has 2 aliphatic carbocycles. The topological polar surface area (TPSA) is 52.6 Å². The largest absolute Gasteiger partial charge is 0.487 e. The van der Waals surface area contributed by atoms with Gasteiger partial charge >= 0.3 is 0 Å². The van der Waals surface area contributed by atoms with Gasteiger partial charge in [0.25, 0.3) is 0 Å². The van der Waals surface area contributed by atoms with Crippen LogP contribution in [0.2, 0.25) is 5.02 Å². The molecule has 170 valence electrons. The SMILES string of the molecule is O=C1CCCC2=C1C(c1cc(Br)cc(Br)c1OCc1cccc(Cl)c1)C1=C(CCCC1=O)O2. The van der Waals surface area contributed by atoms with Gasteiger partial charge in [-0.3, -0.25) is 9.59 Å². The number of ketones is 2. The summed E-state index contributed by atoms with van der Waals surface area (Å²) in [5.41, 5.74) is 2.92. The Balaban J connectivity index is 1.64. The van der Waals surface area contributed by atoms with E-state index in [2.05, 4.69) is 31.9 Å². The van der Waals surface area contributed by atoms with Crippen LogP contribution in [-0.4, -0.2) is 11.6 Å². The molecular weight excluding hydrogens is 572 g/mol. The van der Waals surface area contributed by atoms with Gasteiger partial charge < -0.3 is 9.47 Å². The second-order valence-corrected chi connectivity index (χ2v) is 10.7. The van der Waals surface area contributed by atoms with Crippen LogP contribution >= 0.6 is 43.5 Å². The monoisotopic (exact) mass is 590 g/mol. The molecule has 0 bridgehead atoms. The second-order valence-electron chi connectivity index (χ2n) is 8.49. The Kier molecular flexibility index (Phi) is 6.51. The van der Waals surface area contributed by atoms with E-state index in [1.807, 2.05) is 36.4 Å². The van der Waals surface area contributed by atoms with E-state index in [0.29, 0.717) is 65.7 Å². The summed E-state index contributed by atoms with van der Waals surface area (Å²) in [6.45, 7) is 0.302. The summed E-state index contributed by atoms with van der Waals surface area (Å²) in [4.78, 5) is 26.3. The van der Waals surface area contributed by atoms with Gasteiger partial charge in [0.2, 0.25) is 0 Å². The number of allylic oxidation sites excluding steroid dienone is 4. The van der Waals surface area contributed by atoms with Gasteiger partial charge in [-0.2, -0.15) is 0 Å². The van der Waals surface area contributed by atoms with Crippen molar-refractivity contribution >= 4 is 55.0 Å². The summed E-state index contributed by atoms with van der Waals surface area (Å²) in [5.74, 6) is 1.63. The number of rotatable bonds is 4. The fraction of sp³-hybridized carbons (Fsp3) is 0.308. The van der Waals surface area contributed by atoms with Crippen LogP contribution < -0.4 is 4.74 Å². The lowest BCUT2D eigenvalue weighted by molar-refractivity contribution is -0.117. The van der Waals surface area contributed by atoms with Crippen LogP contribution in [0.5, 0.6) is 5.75 Å². The van der Waals surface area contributed by atoms with Crippen molar-refractivity contribution in [2.24, 2.45) is 0 Å². The van der Waals surface area contributed by atoms with Gasteiger partial charge in [0.05, 0.1) is 10.4 Å². The number of halogens is 3. The second kappa shape index (κ2) is 9.40. The molecule has 0 N–H and O–H groups in total. The molecule has 7 heteroatoms. The minimum absolute atomic E-state index is 0.0445. The van der Waals surface area contributed by atoms with Gasteiger partial charge in [-0.25, -0.2) is 0 Å². The van der Waals surface area contributed by atoms with Crippen molar-refractivity contribution in [1.82, 2.24) is 0 Å². The molecule has 0 spiro atoms. The van der Waals surface area contributed by atoms with E-state index in [1.54, 1.807) is 0 Å². The molecule has 0 atom stereocenters. The first-order valence-electron chi connectivity index (χ1n) is 11.0. The molecule has 2 aromatic carbocycles. The van der Waals surface area contributed by atoms with Crippen LogP contribution in [0, 0.1) is 0 Å². The molecule has 0 amide bonds. The Bertz CT molecular complexity index is 1190. The van der Waals surface area contributed by atoms with Crippen molar-refractivity contribution in [3.63, 3.8) is 0 Å². The first-order chi connectivity index (χ1) is 15.9. The van der Waals surface area contributed by atoms with Crippen molar-refractivity contribution < 1.29 is 19.1 Å². The normalized spacial score (nSPS) is 18.8. The maximum Gasteiger partial charge on any atom is 0.163 e. The smallest absolute Gasteiger partial charge is 0.163 e. The van der Waals surface area contributed by atoms with Crippen molar-refractivity contribution in [1.29, 1.82) is 0 Å². The van der Waals surface area contributed by atoms with E-state index in [1.165, 1.54) is 0 Å². The molecule has 1 heterocycles. The predicted octanol–water partition coefficient (Wildman–Crippen LogP) is 7.57. The third-order valence-corrected chi connectivity index (χ3v) is 7.54. The number of benzene rings is 2. The van der Waals surface area contributed by atoms with Gasteiger partial charge in [0.15, 0.2) is 11.6 Å². The number of hydrogen-bond acceptors (Lipinski definition) is 4. The van der Waals surface area contributed by atoms with Crippen molar-refractivity contribution in [2.75, 3.05) is 0 Å². The molecule has 0 radical (unpaired) electrons. The molecule has 0 fully saturated rings. The Hall–Kier alpha value is -1.89. The molecular formula is C26H21Br2ClO4. The first-order valence-corrected chi connectivity index (χ1v) is 13.0. The fourth-order valence-corrected chi connectivity index (χ4v) is 6.44.